The van der Waals surface area contributed by atoms with Crippen LogP contribution in [0.25, 0.3) is 0 Å². The largest absolute Gasteiger partial charge is 0.394 e. The van der Waals surface area contributed by atoms with Gasteiger partial charge in [0, 0.05) is 19.6 Å². The van der Waals surface area contributed by atoms with Crippen LogP contribution in [0.2, 0.25) is 0 Å². The van der Waals surface area contributed by atoms with Gasteiger partial charge in [-0.05, 0) is 12.0 Å². The molecule has 1 aromatic carbocycles. The molecule has 4 nitrogen and oxygen atoms in total. The van der Waals surface area contributed by atoms with Crippen LogP contribution < -0.4 is 5.32 Å². The van der Waals surface area contributed by atoms with E-state index in [0.29, 0.717) is 6.54 Å². The lowest BCUT2D eigenvalue weighted by Crippen LogP contribution is -2.57. The van der Waals surface area contributed by atoms with E-state index in [1.807, 2.05) is 23.1 Å². The van der Waals surface area contributed by atoms with Gasteiger partial charge in [0.05, 0.1) is 6.61 Å². The molecule has 0 aliphatic carbocycles. The average Bonchev–Trinajstić information content (AvgIpc) is 2.37. The van der Waals surface area contributed by atoms with Crippen molar-refractivity contribution in [3.8, 4) is 0 Å². The summed E-state index contributed by atoms with van der Waals surface area (Å²) < 4.78 is 0. The molecule has 1 aromatic rings. The number of benzene rings is 1. The molecule has 1 saturated heterocycles. The number of amides is 1. The number of nitrogens with zero attached hydrogens (tertiary/aromatic N) is 1. The van der Waals surface area contributed by atoms with Gasteiger partial charge in [-0.1, -0.05) is 30.3 Å². The van der Waals surface area contributed by atoms with Crippen molar-refractivity contribution in [3.63, 3.8) is 0 Å². The Balaban J connectivity index is 1.91. The fourth-order valence-corrected chi connectivity index (χ4v) is 2.15. The molecule has 0 saturated carbocycles. The highest BCUT2D eigenvalue weighted by atomic mass is 16.3. The molecule has 92 valence electrons. The van der Waals surface area contributed by atoms with Crippen molar-refractivity contribution in [2.45, 2.75) is 12.5 Å². The van der Waals surface area contributed by atoms with E-state index in [0.717, 1.165) is 19.5 Å². The fraction of sp³-hybridized carbons (Fsp3) is 0.462. The maximum absolute atomic E-state index is 11.5. The highest BCUT2D eigenvalue weighted by Crippen LogP contribution is 2.07. The zero-order valence-corrected chi connectivity index (χ0v) is 9.80. The number of nitrogens with one attached hydrogen (secondary N) is 1. The number of hydrogen-bond donors (Lipinski definition) is 2. The SMILES string of the molecule is O=C1NCCN(CCc2ccccc2)C1CO. The summed E-state index contributed by atoms with van der Waals surface area (Å²) in [5.41, 5.74) is 1.26. The lowest BCUT2D eigenvalue weighted by Gasteiger charge is -2.33. The molecular formula is C13H18N2O2. The number of hydrogen-bond acceptors (Lipinski definition) is 3. The second-order valence-electron chi connectivity index (χ2n) is 4.26. The summed E-state index contributed by atoms with van der Waals surface area (Å²) in [6, 6.07) is 9.81. The van der Waals surface area contributed by atoms with Gasteiger partial charge < -0.3 is 10.4 Å². The summed E-state index contributed by atoms with van der Waals surface area (Å²) >= 11 is 0. The van der Waals surface area contributed by atoms with Gasteiger partial charge in [-0.15, -0.1) is 0 Å². The second kappa shape index (κ2) is 5.80. The van der Waals surface area contributed by atoms with Crippen LogP contribution in [0, 0.1) is 0 Å². The molecule has 0 bridgehead atoms. The van der Waals surface area contributed by atoms with Gasteiger partial charge in [0.2, 0.25) is 5.91 Å². The van der Waals surface area contributed by atoms with Gasteiger partial charge in [0.15, 0.2) is 0 Å². The van der Waals surface area contributed by atoms with E-state index >= 15 is 0 Å². The Morgan fingerprint density at radius 2 is 2.12 bits per heavy atom. The molecule has 1 aliphatic heterocycles. The van der Waals surface area contributed by atoms with Crippen LogP contribution in [-0.2, 0) is 11.2 Å². The number of carbonyl (C=O) groups excluding carboxylic acids is 1. The molecule has 2 N–H and O–H groups in total. The molecule has 1 heterocycles. The molecule has 1 amide bonds. The summed E-state index contributed by atoms with van der Waals surface area (Å²) in [6.45, 7) is 2.18. The van der Waals surface area contributed by atoms with Crippen molar-refractivity contribution < 1.29 is 9.90 Å². The standard InChI is InChI=1S/C13H18N2O2/c16-10-12-13(17)14-7-9-15(12)8-6-11-4-2-1-3-5-11/h1-5,12,16H,6-10H2,(H,14,17). The highest BCUT2D eigenvalue weighted by Gasteiger charge is 2.28. The van der Waals surface area contributed by atoms with Gasteiger partial charge in [0.1, 0.15) is 6.04 Å². The highest BCUT2D eigenvalue weighted by molar-refractivity contribution is 5.82. The van der Waals surface area contributed by atoms with Crippen LogP contribution in [0.3, 0.4) is 0 Å². The first kappa shape index (κ1) is 12.1. The van der Waals surface area contributed by atoms with Crippen LogP contribution in [0.15, 0.2) is 30.3 Å². The molecule has 17 heavy (non-hydrogen) atoms. The van der Waals surface area contributed by atoms with Gasteiger partial charge in [-0.25, -0.2) is 0 Å². The lowest BCUT2D eigenvalue weighted by atomic mass is 10.1. The Morgan fingerprint density at radius 3 is 2.82 bits per heavy atom. The van der Waals surface area contributed by atoms with Crippen molar-refractivity contribution in [3.05, 3.63) is 35.9 Å². The maximum atomic E-state index is 11.5. The monoisotopic (exact) mass is 234 g/mol. The molecule has 0 spiro atoms. The third-order valence-electron chi connectivity index (χ3n) is 3.15. The zero-order chi connectivity index (χ0) is 12.1. The number of aliphatic hydroxyl groups excluding tert-OH is 1. The molecule has 0 aromatic heterocycles. The number of aliphatic hydroxyl groups is 1. The Hall–Kier alpha value is -1.39. The first-order valence-corrected chi connectivity index (χ1v) is 5.98. The van der Waals surface area contributed by atoms with E-state index in [-0.39, 0.29) is 18.6 Å². The third-order valence-corrected chi connectivity index (χ3v) is 3.15. The van der Waals surface area contributed by atoms with E-state index in [1.54, 1.807) is 0 Å². The minimum atomic E-state index is -0.382. The zero-order valence-electron chi connectivity index (χ0n) is 9.80. The fourth-order valence-electron chi connectivity index (χ4n) is 2.15. The third kappa shape index (κ3) is 3.05. The molecule has 1 fully saturated rings. The Kier molecular flexibility index (Phi) is 4.12. The average molecular weight is 234 g/mol. The Bertz CT molecular complexity index is 367. The Labute approximate surface area is 101 Å². The summed E-state index contributed by atoms with van der Waals surface area (Å²) in [4.78, 5) is 13.6. The van der Waals surface area contributed by atoms with Gasteiger partial charge in [-0.2, -0.15) is 0 Å². The summed E-state index contributed by atoms with van der Waals surface area (Å²) in [5.74, 6) is -0.0631. The molecule has 1 unspecified atom stereocenters. The van der Waals surface area contributed by atoms with E-state index in [4.69, 9.17) is 0 Å². The van der Waals surface area contributed by atoms with Gasteiger partial charge >= 0.3 is 0 Å². The van der Waals surface area contributed by atoms with E-state index < -0.39 is 0 Å². The van der Waals surface area contributed by atoms with Crippen LogP contribution in [0.5, 0.6) is 0 Å². The van der Waals surface area contributed by atoms with Crippen molar-refractivity contribution in [2.24, 2.45) is 0 Å². The van der Waals surface area contributed by atoms with Gasteiger partial charge in [0.25, 0.3) is 0 Å². The molecule has 4 heteroatoms. The van der Waals surface area contributed by atoms with E-state index in [2.05, 4.69) is 17.4 Å². The van der Waals surface area contributed by atoms with Crippen LogP contribution in [-0.4, -0.2) is 48.2 Å². The normalized spacial score (nSPS) is 21.2. The summed E-state index contributed by atoms with van der Waals surface area (Å²) in [5, 5.41) is 12.0. The van der Waals surface area contributed by atoms with Crippen LogP contribution in [0.1, 0.15) is 5.56 Å². The Morgan fingerprint density at radius 1 is 1.35 bits per heavy atom. The quantitative estimate of drug-likeness (QED) is 0.772. The predicted octanol–water partition coefficient (Wildman–Crippen LogP) is 0.0218. The topological polar surface area (TPSA) is 52.6 Å². The molecule has 0 radical (unpaired) electrons. The van der Waals surface area contributed by atoms with Crippen molar-refractivity contribution >= 4 is 5.91 Å². The van der Waals surface area contributed by atoms with Gasteiger partial charge in [-0.3, -0.25) is 9.69 Å². The molecule has 1 aliphatic rings. The second-order valence-corrected chi connectivity index (χ2v) is 4.26. The minimum Gasteiger partial charge on any atom is -0.394 e. The number of piperazine rings is 1. The number of rotatable bonds is 4. The minimum absolute atomic E-state index is 0.0631. The van der Waals surface area contributed by atoms with E-state index in [1.165, 1.54) is 5.56 Å². The molecule has 2 rings (SSSR count). The van der Waals surface area contributed by atoms with Crippen molar-refractivity contribution in [2.75, 3.05) is 26.2 Å². The summed E-state index contributed by atoms with van der Waals surface area (Å²) in [7, 11) is 0. The predicted molar refractivity (Wildman–Crippen MR) is 65.6 cm³/mol. The first-order chi connectivity index (χ1) is 8.31. The van der Waals surface area contributed by atoms with Crippen LogP contribution in [0.4, 0.5) is 0 Å². The molecule has 1 atom stereocenters. The maximum Gasteiger partial charge on any atom is 0.239 e. The van der Waals surface area contributed by atoms with Crippen molar-refractivity contribution in [1.29, 1.82) is 0 Å². The van der Waals surface area contributed by atoms with Crippen molar-refractivity contribution in [1.82, 2.24) is 10.2 Å². The number of carbonyl (C=O) groups is 1. The molecular weight excluding hydrogens is 216 g/mol. The smallest absolute Gasteiger partial charge is 0.239 e. The van der Waals surface area contributed by atoms with E-state index in [9.17, 15) is 9.90 Å². The summed E-state index contributed by atoms with van der Waals surface area (Å²) in [6.07, 6.45) is 0.907. The first-order valence-electron chi connectivity index (χ1n) is 5.98. The van der Waals surface area contributed by atoms with Crippen LogP contribution >= 0.6 is 0 Å². The lowest BCUT2D eigenvalue weighted by molar-refractivity contribution is -0.130.